The van der Waals surface area contributed by atoms with Crippen LogP contribution in [-0.4, -0.2) is 28.6 Å². The van der Waals surface area contributed by atoms with Crippen LogP contribution in [-0.2, 0) is 16.0 Å². The van der Waals surface area contributed by atoms with Crippen LogP contribution < -0.4 is 5.73 Å². The molecule has 1 aromatic rings. The van der Waals surface area contributed by atoms with Gasteiger partial charge in [-0.05, 0) is 6.42 Å². The molecule has 0 aliphatic carbocycles. The SMILES string of the molecule is CCCC(N)(Cc1cnc[nH]1)C(=O)OC.Cl. The molecule has 5 nitrogen and oxygen atoms in total. The van der Waals surface area contributed by atoms with E-state index in [4.69, 9.17) is 10.5 Å². The second-order valence-electron chi connectivity index (χ2n) is 3.65. The first-order valence-electron chi connectivity index (χ1n) is 4.97. The number of hydrogen-bond acceptors (Lipinski definition) is 4. The van der Waals surface area contributed by atoms with Crippen molar-refractivity contribution in [3.8, 4) is 0 Å². The van der Waals surface area contributed by atoms with Crippen molar-refractivity contribution in [3.63, 3.8) is 0 Å². The Bertz CT molecular complexity index is 316. The lowest BCUT2D eigenvalue weighted by Gasteiger charge is -2.25. The van der Waals surface area contributed by atoms with Crippen LogP contribution in [0.1, 0.15) is 25.5 Å². The van der Waals surface area contributed by atoms with E-state index in [0.29, 0.717) is 12.8 Å². The van der Waals surface area contributed by atoms with E-state index in [2.05, 4.69) is 9.97 Å². The fourth-order valence-corrected chi connectivity index (χ4v) is 1.63. The number of hydrogen-bond donors (Lipinski definition) is 2. The van der Waals surface area contributed by atoms with Crippen molar-refractivity contribution in [2.24, 2.45) is 5.73 Å². The monoisotopic (exact) mass is 247 g/mol. The van der Waals surface area contributed by atoms with Crippen molar-refractivity contribution in [2.75, 3.05) is 7.11 Å². The van der Waals surface area contributed by atoms with E-state index in [0.717, 1.165) is 12.1 Å². The molecule has 1 aromatic heterocycles. The molecule has 0 spiro atoms. The maximum atomic E-state index is 11.6. The van der Waals surface area contributed by atoms with E-state index < -0.39 is 5.54 Å². The number of H-pyrrole nitrogens is 1. The Hall–Kier alpha value is -1.07. The van der Waals surface area contributed by atoms with E-state index in [1.54, 1.807) is 12.5 Å². The Balaban J connectivity index is 0.00000225. The quantitative estimate of drug-likeness (QED) is 0.762. The molecule has 0 aromatic carbocycles. The zero-order valence-electron chi connectivity index (χ0n) is 9.53. The van der Waals surface area contributed by atoms with Gasteiger partial charge in [-0.3, -0.25) is 4.79 Å². The van der Waals surface area contributed by atoms with E-state index in [9.17, 15) is 4.79 Å². The highest BCUT2D eigenvalue weighted by Crippen LogP contribution is 2.16. The van der Waals surface area contributed by atoms with Gasteiger partial charge in [0.15, 0.2) is 0 Å². The topological polar surface area (TPSA) is 81.0 Å². The number of aromatic amines is 1. The third-order valence-corrected chi connectivity index (χ3v) is 2.35. The standard InChI is InChI=1S/C10H17N3O2.ClH/c1-3-4-10(11,9(14)15-2)5-8-6-12-7-13-8;/h6-7H,3-5,11H2,1-2H3,(H,12,13);1H. The van der Waals surface area contributed by atoms with Gasteiger partial charge in [0.2, 0.25) is 0 Å². The molecule has 0 radical (unpaired) electrons. The van der Waals surface area contributed by atoms with E-state index in [-0.39, 0.29) is 18.4 Å². The maximum Gasteiger partial charge on any atom is 0.326 e. The zero-order valence-corrected chi connectivity index (χ0v) is 10.3. The van der Waals surface area contributed by atoms with Crippen molar-refractivity contribution in [1.82, 2.24) is 9.97 Å². The highest BCUT2D eigenvalue weighted by atomic mass is 35.5. The van der Waals surface area contributed by atoms with Crippen LogP contribution in [0.15, 0.2) is 12.5 Å². The number of carbonyl (C=O) groups excluding carboxylic acids is 1. The van der Waals surface area contributed by atoms with Gasteiger partial charge in [-0.2, -0.15) is 0 Å². The summed E-state index contributed by atoms with van der Waals surface area (Å²) in [6.07, 6.45) is 5.09. The van der Waals surface area contributed by atoms with Crippen LogP contribution in [0.5, 0.6) is 0 Å². The smallest absolute Gasteiger partial charge is 0.326 e. The molecule has 3 N–H and O–H groups in total. The number of nitrogens with one attached hydrogen (secondary N) is 1. The molecule has 1 unspecified atom stereocenters. The molecule has 92 valence electrons. The van der Waals surface area contributed by atoms with E-state index >= 15 is 0 Å². The number of methoxy groups -OCH3 is 1. The minimum Gasteiger partial charge on any atom is -0.468 e. The zero-order chi connectivity index (χ0) is 11.3. The average Bonchev–Trinajstić information content (AvgIpc) is 2.69. The average molecular weight is 248 g/mol. The Morgan fingerprint density at radius 1 is 1.69 bits per heavy atom. The van der Waals surface area contributed by atoms with Crippen molar-refractivity contribution >= 4 is 18.4 Å². The highest BCUT2D eigenvalue weighted by molar-refractivity contribution is 5.85. The number of nitrogens with zero attached hydrogens (tertiary/aromatic N) is 1. The molecule has 1 atom stereocenters. The molecule has 1 heterocycles. The van der Waals surface area contributed by atoms with Gasteiger partial charge in [0.05, 0.1) is 13.4 Å². The molecular formula is C10H18ClN3O2. The summed E-state index contributed by atoms with van der Waals surface area (Å²) in [5.74, 6) is -0.376. The summed E-state index contributed by atoms with van der Waals surface area (Å²) in [7, 11) is 1.35. The van der Waals surface area contributed by atoms with Gasteiger partial charge in [-0.15, -0.1) is 12.4 Å². The Morgan fingerprint density at radius 3 is 2.81 bits per heavy atom. The van der Waals surface area contributed by atoms with Crippen molar-refractivity contribution in [2.45, 2.75) is 31.7 Å². The predicted octanol–water partition coefficient (Wildman–Crippen LogP) is 1.04. The Labute approximate surface area is 101 Å². The fourth-order valence-electron chi connectivity index (χ4n) is 1.63. The van der Waals surface area contributed by atoms with Crippen LogP contribution in [0.4, 0.5) is 0 Å². The third-order valence-electron chi connectivity index (χ3n) is 2.35. The number of carbonyl (C=O) groups is 1. The number of ether oxygens (including phenoxy) is 1. The Morgan fingerprint density at radius 2 is 2.38 bits per heavy atom. The van der Waals surface area contributed by atoms with Crippen LogP contribution in [0.2, 0.25) is 0 Å². The van der Waals surface area contributed by atoms with Crippen LogP contribution in [0.25, 0.3) is 0 Å². The molecule has 0 saturated carbocycles. The molecule has 0 bridgehead atoms. The summed E-state index contributed by atoms with van der Waals surface area (Å²) in [5, 5.41) is 0. The summed E-state index contributed by atoms with van der Waals surface area (Å²) in [6, 6.07) is 0. The number of imidazole rings is 1. The summed E-state index contributed by atoms with van der Waals surface area (Å²) >= 11 is 0. The van der Waals surface area contributed by atoms with Crippen LogP contribution in [0.3, 0.4) is 0 Å². The Kier molecular flexibility index (Phi) is 6.06. The first kappa shape index (κ1) is 14.9. The van der Waals surface area contributed by atoms with Crippen LogP contribution >= 0.6 is 12.4 Å². The largest absolute Gasteiger partial charge is 0.468 e. The maximum absolute atomic E-state index is 11.6. The number of esters is 1. The van der Waals surface area contributed by atoms with Crippen molar-refractivity contribution in [3.05, 3.63) is 18.2 Å². The first-order valence-corrected chi connectivity index (χ1v) is 4.97. The summed E-state index contributed by atoms with van der Waals surface area (Å²) < 4.78 is 4.72. The predicted molar refractivity (Wildman–Crippen MR) is 63.4 cm³/mol. The normalized spacial score (nSPS) is 13.7. The molecule has 0 fully saturated rings. The van der Waals surface area contributed by atoms with Gasteiger partial charge in [0.25, 0.3) is 0 Å². The summed E-state index contributed by atoms with van der Waals surface area (Å²) in [5.41, 5.74) is 5.93. The molecule has 6 heteroatoms. The molecule has 1 rings (SSSR count). The first-order chi connectivity index (χ1) is 7.12. The van der Waals surface area contributed by atoms with Gasteiger partial charge in [0, 0.05) is 18.3 Å². The second-order valence-corrected chi connectivity index (χ2v) is 3.65. The molecule has 0 saturated heterocycles. The van der Waals surface area contributed by atoms with Gasteiger partial charge in [0.1, 0.15) is 5.54 Å². The molecule has 0 aliphatic rings. The number of rotatable bonds is 5. The lowest BCUT2D eigenvalue weighted by atomic mass is 9.90. The lowest BCUT2D eigenvalue weighted by molar-refractivity contribution is -0.147. The van der Waals surface area contributed by atoms with Gasteiger partial charge in [-0.1, -0.05) is 13.3 Å². The lowest BCUT2D eigenvalue weighted by Crippen LogP contribution is -2.50. The molecule has 0 aliphatic heterocycles. The fraction of sp³-hybridized carbons (Fsp3) is 0.600. The van der Waals surface area contributed by atoms with E-state index in [1.165, 1.54) is 7.11 Å². The summed E-state index contributed by atoms with van der Waals surface area (Å²) in [4.78, 5) is 18.4. The van der Waals surface area contributed by atoms with E-state index in [1.807, 2.05) is 6.92 Å². The molecular weight excluding hydrogens is 230 g/mol. The van der Waals surface area contributed by atoms with Crippen molar-refractivity contribution < 1.29 is 9.53 Å². The van der Waals surface area contributed by atoms with Gasteiger partial charge in [-0.25, -0.2) is 4.98 Å². The number of nitrogens with two attached hydrogens (primary N) is 1. The van der Waals surface area contributed by atoms with Crippen molar-refractivity contribution in [1.29, 1.82) is 0 Å². The second kappa shape index (κ2) is 6.50. The van der Waals surface area contributed by atoms with Gasteiger partial charge < -0.3 is 15.5 Å². The molecule has 16 heavy (non-hydrogen) atoms. The summed E-state index contributed by atoms with van der Waals surface area (Å²) in [6.45, 7) is 1.98. The number of aromatic nitrogens is 2. The van der Waals surface area contributed by atoms with Crippen LogP contribution in [0, 0.1) is 0 Å². The third kappa shape index (κ3) is 3.50. The number of halogens is 1. The minimum atomic E-state index is -0.948. The highest BCUT2D eigenvalue weighted by Gasteiger charge is 2.34. The minimum absolute atomic E-state index is 0. The van der Waals surface area contributed by atoms with Gasteiger partial charge >= 0.3 is 5.97 Å². The molecule has 0 amide bonds.